The maximum atomic E-state index is 9.86. The summed E-state index contributed by atoms with van der Waals surface area (Å²) in [6.07, 6.45) is 0. The number of carboxylic acids is 1. The number of hydrogen-bond donors (Lipinski definition) is 0. The largest absolute Gasteiger partial charge is 0.539 e. The lowest BCUT2D eigenvalue weighted by atomic mass is 10.7. The lowest BCUT2D eigenvalue weighted by Gasteiger charge is -1.98. The molecule has 0 aliphatic heterocycles. The summed E-state index contributed by atoms with van der Waals surface area (Å²) in [6, 6.07) is 0. The highest BCUT2D eigenvalue weighted by atomic mass is 35.5. The van der Waals surface area contributed by atoms with Gasteiger partial charge in [-0.1, -0.05) is 0 Å². The average Bonchev–Trinajstić information content (AvgIpc) is 1.67. The van der Waals surface area contributed by atoms with Crippen molar-refractivity contribution < 1.29 is 31.8 Å². The van der Waals surface area contributed by atoms with Crippen molar-refractivity contribution in [3.63, 3.8) is 0 Å². The smallest absolute Gasteiger partial charge is 0.354 e. The van der Waals surface area contributed by atoms with Crippen molar-refractivity contribution >= 4 is 11.9 Å². The second-order valence-electron chi connectivity index (χ2n) is 1.01. The van der Waals surface area contributed by atoms with Crippen molar-refractivity contribution in [2.75, 3.05) is 6.61 Å². The first-order chi connectivity index (χ1) is 3.68. The van der Waals surface area contributed by atoms with Gasteiger partial charge in [0.25, 0.3) is 0 Å². The molecule has 0 unspecified atom stereocenters. The maximum Gasteiger partial charge on any atom is 0.354 e. The number of carbonyl (C=O) groups excluding carboxylic acids is 2. The molecular formula is C4H7ClO4. The van der Waals surface area contributed by atoms with E-state index in [9.17, 15) is 14.7 Å². The predicted octanol–water partition coefficient (Wildman–Crippen LogP) is -2.24. The van der Waals surface area contributed by atoms with Gasteiger partial charge in [0.15, 0.2) is 5.97 Å². The van der Waals surface area contributed by atoms with Gasteiger partial charge in [-0.3, -0.25) is 0 Å². The van der Waals surface area contributed by atoms with E-state index in [0.717, 1.165) is 0 Å². The fourth-order valence-corrected chi connectivity index (χ4v) is 0.190. The summed E-state index contributed by atoms with van der Waals surface area (Å²) in [5.41, 5.74) is 0. The Morgan fingerprint density at radius 2 is 2.00 bits per heavy atom. The third kappa shape index (κ3) is 5.10. The van der Waals surface area contributed by atoms with Crippen LogP contribution >= 0.6 is 0 Å². The minimum atomic E-state index is -1.80. The maximum absolute atomic E-state index is 9.86. The van der Waals surface area contributed by atoms with Gasteiger partial charge in [-0.25, -0.2) is 4.79 Å². The standard InChI is InChI=1S/C4H6O4.ClH2/c1-2-8-4(7)3(5)6;/h2H2,1H3,(H,5,6);1H2/q;+1/p-1. The van der Waals surface area contributed by atoms with Gasteiger partial charge in [0.05, 0.1) is 19.0 Å². The first-order valence-electron chi connectivity index (χ1n) is 2.06. The van der Waals surface area contributed by atoms with E-state index in [1.54, 1.807) is 0 Å². The van der Waals surface area contributed by atoms with Gasteiger partial charge in [0.2, 0.25) is 0 Å². The van der Waals surface area contributed by atoms with Crippen molar-refractivity contribution in [2.24, 2.45) is 0 Å². The van der Waals surface area contributed by atoms with Gasteiger partial charge in [0.1, 0.15) is 0 Å². The molecule has 0 amide bonds. The van der Waals surface area contributed by atoms with Crippen LogP contribution in [0.3, 0.4) is 0 Å². The number of hydrogen-bond acceptors (Lipinski definition) is 4. The van der Waals surface area contributed by atoms with E-state index in [-0.39, 0.29) is 19.0 Å². The van der Waals surface area contributed by atoms with E-state index in [4.69, 9.17) is 0 Å². The van der Waals surface area contributed by atoms with E-state index in [1.165, 1.54) is 6.92 Å². The van der Waals surface area contributed by atoms with Gasteiger partial charge in [-0.05, 0) is 6.92 Å². The molecule has 0 bridgehead atoms. The van der Waals surface area contributed by atoms with Crippen molar-refractivity contribution in [1.29, 1.82) is 0 Å². The van der Waals surface area contributed by atoms with E-state index in [0.29, 0.717) is 0 Å². The molecule has 0 N–H and O–H groups in total. The fraction of sp³-hybridized carbons (Fsp3) is 0.500. The normalized spacial score (nSPS) is 7.22. The summed E-state index contributed by atoms with van der Waals surface area (Å²) in [5.74, 6) is -3.11. The lowest BCUT2D eigenvalue weighted by Crippen LogP contribution is -2.33. The monoisotopic (exact) mass is 154 g/mol. The fourth-order valence-electron chi connectivity index (χ4n) is 0.190. The lowest BCUT2D eigenvalue weighted by molar-refractivity contribution is -0.303. The molecule has 4 nitrogen and oxygen atoms in total. The molecule has 9 heavy (non-hydrogen) atoms. The van der Waals surface area contributed by atoms with Crippen LogP contribution in [-0.2, 0) is 14.3 Å². The summed E-state index contributed by atoms with van der Waals surface area (Å²) in [7, 11) is 0. The first-order valence-corrected chi connectivity index (χ1v) is 2.06. The van der Waals surface area contributed by atoms with Crippen LogP contribution in [0, 0.1) is 12.4 Å². The summed E-state index contributed by atoms with van der Waals surface area (Å²) >= 11 is 0. The van der Waals surface area contributed by atoms with Crippen LogP contribution in [0.2, 0.25) is 0 Å². The highest BCUT2D eigenvalue weighted by Gasteiger charge is 1.98. The molecule has 0 aliphatic rings. The van der Waals surface area contributed by atoms with Crippen molar-refractivity contribution in [3.05, 3.63) is 0 Å². The molecule has 0 aromatic rings. The predicted molar refractivity (Wildman–Crippen MR) is 24.4 cm³/mol. The van der Waals surface area contributed by atoms with Crippen molar-refractivity contribution in [1.82, 2.24) is 0 Å². The van der Waals surface area contributed by atoms with Crippen LogP contribution in [0.5, 0.6) is 0 Å². The SMILES string of the molecule is CCOC(=O)C(=O)[O-].[ClH2+]. The molecule has 0 aromatic heterocycles. The Balaban J connectivity index is 0. The van der Waals surface area contributed by atoms with Crippen molar-refractivity contribution in [2.45, 2.75) is 6.92 Å². The Hall–Kier alpha value is -0.770. The number of halogens is 1. The van der Waals surface area contributed by atoms with Crippen LogP contribution in [0.4, 0.5) is 0 Å². The zero-order valence-corrected chi connectivity index (χ0v) is 5.68. The Morgan fingerprint density at radius 1 is 1.56 bits per heavy atom. The Morgan fingerprint density at radius 3 is 2.11 bits per heavy atom. The minimum Gasteiger partial charge on any atom is -0.539 e. The van der Waals surface area contributed by atoms with Gasteiger partial charge < -0.3 is 14.6 Å². The number of rotatable bonds is 1. The summed E-state index contributed by atoms with van der Waals surface area (Å²) < 4.78 is 4.00. The quantitative estimate of drug-likeness (QED) is 0.317. The van der Waals surface area contributed by atoms with E-state index in [1.807, 2.05) is 0 Å². The molecule has 0 aliphatic carbocycles. The van der Waals surface area contributed by atoms with E-state index < -0.39 is 11.9 Å². The van der Waals surface area contributed by atoms with Crippen LogP contribution in [0.15, 0.2) is 0 Å². The number of ether oxygens (including phenoxy) is 1. The van der Waals surface area contributed by atoms with Crippen LogP contribution in [-0.4, -0.2) is 18.5 Å². The Bertz CT molecular complexity index is 111. The van der Waals surface area contributed by atoms with Gasteiger partial charge >= 0.3 is 5.97 Å². The molecule has 0 spiro atoms. The molecule has 0 rings (SSSR count). The molecular weight excluding hydrogens is 147 g/mol. The molecule has 0 fully saturated rings. The van der Waals surface area contributed by atoms with Gasteiger partial charge in [0, 0.05) is 0 Å². The zero-order chi connectivity index (χ0) is 6.57. The van der Waals surface area contributed by atoms with Crippen LogP contribution in [0.1, 0.15) is 6.92 Å². The highest BCUT2D eigenvalue weighted by molar-refractivity contribution is 6.27. The van der Waals surface area contributed by atoms with Crippen molar-refractivity contribution in [3.8, 4) is 0 Å². The molecule has 0 heterocycles. The molecule has 0 saturated carbocycles. The summed E-state index contributed by atoms with van der Waals surface area (Å²) in [6.45, 7) is 1.58. The molecule has 0 radical (unpaired) electrons. The molecule has 0 aromatic carbocycles. The minimum absolute atomic E-state index is 0. The molecule has 54 valence electrons. The highest BCUT2D eigenvalue weighted by Crippen LogP contribution is 1.72. The molecule has 0 atom stereocenters. The van der Waals surface area contributed by atoms with Gasteiger partial charge in [-0.2, -0.15) is 0 Å². The number of esters is 1. The van der Waals surface area contributed by atoms with Crippen LogP contribution in [0.25, 0.3) is 0 Å². The number of carbonyl (C=O) groups is 2. The summed E-state index contributed by atoms with van der Waals surface area (Å²) in [4.78, 5) is 19.4. The number of carboxylic acid groups (broad SMARTS) is 1. The summed E-state index contributed by atoms with van der Waals surface area (Å²) in [5, 5.41) is 9.50. The second-order valence-corrected chi connectivity index (χ2v) is 1.01. The average molecular weight is 155 g/mol. The molecule has 0 saturated heterocycles. The number of aliphatic carboxylic acids is 1. The first kappa shape index (κ1) is 11.1. The topological polar surface area (TPSA) is 66.4 Å². The Labute approximate surface area is 58.2 Å². The third-order valence-electron chi connectivity index (χ3n) is 0.442. The van der Waals surface area contributed by atoms with Gasteiger partial charge in [-0.15, -0.1) is 0 Å². The van der Waals surface area contributed by atoms with E-state index in [2.05, 4.69) is 4.74 Å². The Kier molecular flexibility index (Phi) is 6.61. The molecule has 5 heteroatoms. The second kappa shape index (κ2) is 5.37. The van der Waals surface area contributed by atoms with E-state index >= 15 is 0 Å². The zero-order valence-electron chi connectivity index (χ0n) is 4.79. The van der Waals surface area contributed by atoms with Crippen LogP contribution < -0.4 is 5.11 Å². The third-order valence-corrected chi connectivity index (χ3v) is 0.442.